The maximum atomic E-state index is 12.5. The smallest absolute Gasteiger partial charge is 0.307 e. The van der Waals surface area contributed by atoms with Gasteiger partial charge in [0, 0.05) is 25.7 Å². The highest BCUT2D eigenvalue weighted by molar-refractivity contribution is 5.85. The van der Waals surface area contributed by atoms with Gasteiger partial charge in [0.1, 0.15) is 0 Å². The standard InChI is InChI=1S/C14H22N2O3/c17-13(11-4-1-5-12(11)14(18)19)16-8-7-15-6-2-3-10(15)9-16/h10-12H,1-9H2,(H,18,19)/t10?,11-,12+/m1/s1. The van der Waals surface area contributed by atoms with E-state index in [1.54, 1.807) is 0 Å². The average molecular weight is 266 g/mol. The molecule has 0 bridgehead atoms. The molecule has 2 heterocycles. The van der Waals surface area contributed by atoms with Gasteiger partial charge in [-0.25, -0.2) is 0 Å². The molecule has 0 aromatic rings. The summed E-state index contributed by atoms with van der Waals surface area (Å²) in [6.07, 6.45) is 4.69. The van der Waals surface area contributed by atoms with Crippen LogP contribution < -0.4 is 0 Å². The quantitative estimate of drug-likeness (QED) is 0.803. The summed E-state index contributed by atoms with van der Waals surface area (Å²) in [5.41, 5.74) is 0. The van der Waals surface area contributed by atoms with Crippen molar-refractivity contribution in [1.29, 1.82) is 0 Å². The number of piperazine rings is 1. The summed E-state index contributed by atoms with van der Waals surface area (Å²) >= 11 is 0. The minimum Gasteiger partial charge on any atom is -0.481 e. The molecule has 1 aliphatic carbocycles. The van der Waals surface area contributed by atoms with Gasteiger partial charge in [0.25, 0.3) is 0 Å². The number of carbonyl (C=O) groups excluding carboxylic acids is 1. The molecule has 0 aromatic carbocycles. The summed E-state index contributed by atoms with van der Waals surface area (Å²) in [6.45, 7) is 3.70. The molecule has 2 saturated heterocycles. The Morgan fingerprint density at radius 3 is 2.53 bits per heavy atom. The topological polar surface area (TPSA) is 60.9 Å². The molecule has 0 aromatic heterocycles. The maximum absolute atomic E-state index is 12.5. The summed E-state index contributed by atoms with van der Waals surface area (Å²) in [6, 6.07) is 0.516. The number of rotatable bonds is 2. The third-order valence-corrected chi connectivity index (χ3v) is 5.05. The Labute approximate surface area is 113 Å². The zero-order chi connectivity index (χ0) is 13.4. The van der Waals surface area contributed by atoms with Crippen molar-refractivity contribution in [2.45, 2.75) is 38.1 Å². The van der Waals surface area contributed by atoms with Gasteiger partial charge >= 0.3 is 5.97 Å². The van der Waals surface area contributed by atoms with Crippen molar-refractivity contribution < 1.29 is 14.7 Å². The molecule has 1 amide bonds. The van der Waals surface area contributed by atoms with Gasteiger partial charge in [0.2, 0.25) is 5.91 Å². The van der Waals surface area contributed by atoms with Crippen LogP contribution in [0, 0.1) is 11.8 Å². The first-order valence-electron chi connectivity index (χ1n) is 7.42. The Morgan fingerprint density at radius 2 is 1.74 bits per heavy atom. The van der Waals surface area contributed by atoms with Crippen LogP contribution in [0.3, 0.4) is 0 Å². The fourth-order valence-corrected chi connectivity index (χ4v) is 3.98. The molecule has 1 unspecified atom stereocenters. The van der Waals surface area contributed by atoms with E-state index in [0.717, 1.165) is 39.0 Å². The number of hydrogen-bond donors (Lipinski definition) is 1. The van der Waals surface area contributed by atoms with Crippen molar-refractivity contribution >= 4 is 11.9 Å². The first kappa shape index (κ1) is 12.9. The van der Waals surface area contributed by atoms with Crippen LogP contribution in [0.1, 0.15) is 32.1 Å². The van der Waals surface area contributed by atoms with Crippen molar-refractivity contribution in [3.8, 4) is 0 Å². The third-order valence-electron chi connectivity index (χ3n) is 5.05. The van der Waals surface area contributed by atoms with Gasteiger partial charge in [0.15, 0.2) is 0 Å². The Kier molecular flexibility index (Phi) is 3.48. The number of fused-ring (bicyclic) bond motifs is 1. The van der Waals surface area contributed by atoms with Crippen molar-refractivity contribution in [2.24, 2.45) is 11.8 Å². The van der Waals surface area contributed by atoms with E-state index in [0.29, 0.717) is 12.5 Å². The Morgan fingerprint density at radius 1 is 0.947 bits per heavy atom. The second-order valence-electron chi connectivity index (χ2n) is 6.10. The zero-order valence-electron chi connectivity index (χ0n) is 11.3. The van der Waals surface area contributed by atoms with E-state index in [4.69, 9.17) is 0 Å². The molecule has 3 rings (SSSR count). The maximum Gasteiger partial charge on any atom is 0.307 e. The molecular weight excluding hydrogens is 244 g/mol. The number of nitrogens with zero attached hydrogens (tertiary/aromatic N) is 2. The van der Waals surface area contributed by atoms with Gasteiger partial charge in [-0.2, -0.15) is 0 Å². The molecular formula is C14H22N2O3. The summed E-state index contributed by atoms with van der Waals surface area (Å²) in [4.78, 5) is 28.1. The highest BCUT2D eigenvalue weighted by Gasteiger charge is 2.41. The van der Waals surface area contributed by atoms with Crippen LogP contribution in [-0.2, 0) is 9.59 Å². The van der Waals surface area contributed by atoms with Crippen molar-refractivity contribution in [3.05, 3.63) is 0 Å². The largest absolute Gasteiger partial charge is 0.481 e. The summed E-state index contributed by atoms with van der Waals surface area (Å²) in [5.74, 6) is -1.42. The monoisotopic (exact) mass is 266 g/mol. The zero-order valence-corrected chi connectivity index (χ0v) is 11.3. The molecule has 5 heteroatoms. The highest BCUT2D eigenvalue weighted by Crippen LogP contribution is 2.34. The average Bonchev–Trinajstić information content (AvgIpc) is 3.05. The van der Waals surface area contributed by atoms with Gasteiger partial charge in [-0.3, -0.25) is 14.5 Å². The van der Waals surface area contributed by atoms with Crippen LogP contribution >= 0.6 is 0 Å². The van der Waals surface area contributed by atoms with Crippen molar-refractivity contribution in [2.75, 3.05) is 26.2 Å². The number of amides is 1. The molecule has 3 aliphatic rings. The SMILES string of the molecule is O=C(O)[C@H]1CCC[C@H]1C(=O)N1CCN2CCCC2C1. The first-order chi connectivity index (χ1) is 9.16. The molecule has 3 atom stereocenters. The minimum atomic E-state index is -0.796. The van der Waals surface area contributed by atoms with E-state index in [-0.39, 0.29) is 11.8 Å². The highest BCUT2D eigenvalue weighted by atomic mass is 16.4. The normalized spacial score (nSPS) is 35.4. The predicted molar refractivity (Wildman–Crippen MR) is 69.6 cm³/mol. The molecule has 19 heavy (non-hydrogen) atoms. The fraction of sp³-hybridized carbons (Fsp3) is 0.857. The Balaban J connectivity index is 1.65. The Bertz CT molecular complexity index is 385. The van der Waals surface area contributed by atoms with E-state index in [9.17, 15) is 14.7 Å². The first-order valence-corrected chi connectivity index (χ1v) is 7.42. The van der Waals surface area contributed by atoms with Gasteiger partial charge in [-0.05, 0) is 32.2 Å². The molecule has 5 nitrogen and oxygen atoms in total. The van der Waals surface area contributed by atoms with Crippen LogP contribution in [0.4, 0.5) is 0 Å². The van der Waals surface area contributed by atoms with Crippen LogP contribution in [-0.4, -0.2) is 59.0 Å². The second-order valence-corrected chi connectivity index (χ2v) is 6.10. The lowest BCUT2D eigenvalue weighted by atomic mass is 9.94. The van der Waals surface area contributed by atoms with Gasteiger partial charge in [0.05, 0.1) is 11.8 Å². The molecule has 106 valence electrons. The van der Waals surface area contributed by atoms with Crippen LogP contribution in [0.2, 0.25) is 0 Å². The fourth-order valence-electron chi connectivity index (χ4n) is 3.98. The molecule has 2 aliphatic heterocycles. The Hall–Kier alpha value is -1.10. The van der Waals surface area contributed by atoms with Gasteiger partial charge in [-0.15, -0.1) is 0 Å². The molecule has 3 fully saturated rings. The van der Waals surface area contributed by atoms with E-state index < -0.39 is 11.9 Å². The third kappa shape index (κ3) is 2.36. The lowest BCUT2D eigenvalue weighted by Crippen LogP contribution is -2.53. The number of aliphatic carboxylic acids is 1. The van der Waals surface area contributed by atoms with E-state index >= 15 is 0 Å². The van der Waals surface area contributed by atoms with E-state index in [1.807, 2.05) is 4.90 Å². The predicted octanol–water partition coefficient (Wildman–Crippen LogP) is 0.794. The van der Waals surface area contributed by atoms with Crippen LogP contribution in [0.5, 0.6) is 0 Å². The second kappa shape index (κ2) is 5.12. The summed E-state index contributed by atoms with van der Waals surface area (Å²) in [7, 11) is 0. The summed E-state index contributed by atoms with van der Waals surface area (Å²) < 4.78 is 0. The molecule has 0 spiro atoms. The van der Waals surface area contributed by atoms with Crippen molar-refractivity contribution in [3.63, 3.8) is 0 Å². The molecule has 1 N–H and O–H groups in total. The van der Waals surface area contributed by atoms with E-state index in [1.165, 1.54) is 12.8 Å². The van der Waals surface area contributed by atoms with Crippen LogP contribution in [0.15, 0.2) is 0 Å². The van der Waals surface area contributed by atoms with Gasteiger partial charge < -0.3 is 10.0 Å². The number of carbonyl (C=O) groups is 2. The summed E-state index contributed by atoms with van der Waals surface area (Å²) in [5, 5.41) is 9.20. The molecule has 1 saturated carbocycles. The van der Waals surface area contributed by atoms with Gasteiger partial charge in [-0.1, -0.05) is 6.42 Å². The van der Waals surface area contributed by atoms with Crippen LogP contribution in [0.25, 0.3) is 0 Å². The lowest BCUT2D eigenvalue weighted by molar-refractivity contribution is -0.150. The van der Waals surface area contributed by atoms with Crippen molar-refractivity contribution in [1.82, 2.24) is 9.80 Å². The number of carboxylic acids is 1. The number of hydrogen-bond acceptors (Lipinski definition) is 3. The molecule has 0 radical (unpaired) electrons. The minimum absolute atomic E-state index is 0.0939. The number of carboxylic acid groups (broad SMARTS) is 1. The lowest BCUT2D eigenvalue weighted by Gasteiger charge is -2.39. The van der Waals surface area contributed by atoms with E-state index in [2.05, 4.69) is 4.90 Å².